The van der Waals surface area contributed by atoms with Gasteiger partial charge in [0.25, 0.3) is 5.91 Å². The third kappa shape index (κ3) is 5.28. The van der Waals surface area contributed by atoms with Gasteiger partial charge in [0.15, 0.2) is 0 Å². The number of nitrogens with one attached hydrogen (secondary N) is 1. The van der Waals surface area contributed by atoms with Gasteiger partial charge in [-0.15, -0.1) is 0 Å². The molecular formula is C27H33N5O2. The van der Waals surface area contributed by atoms with Crippen LogP contribution in [0.5, 0.6) is 0 Å². The van der Waals surface area contributed by atoms with Gasteiger partial charge in [0.1, 0.15) is 0 Å². The summed E-state index contributed by atoms with van der Waals surface area (Å²) < 4.78 is 0. The molecule has 178 valence electrons. The number of hydrogen-bond donors (Lipinski definition) is 1. The van der Waals surface area contributed by atoms with Crippen molar-refractivity contribution in [2.45, 2.75) is 59.0 Å². The first kappa shape index (κ1) is 23.9. The Balaban J connectivity index is 1.46. The highest BCUT2D eigenvalue weighted by Crippen LogP contribution is 2.29. The van der Waals surface area contributed by atoms with Crippen LogP contribution in [-0.2, 0) is 11.3 Å². The van der Waals surface area contributed by atoms with E-state index in [2.05, 4.69) is 33.1 Å². The molecule has 2 fully saturated rings. The highest BCUT2D eigenvalue weighted by Gasteiger charge is 2.33. The highest BCUT2D eigenvalue weighted by atomic mass is 16.2. The molecule has 1 N–H and O–H groups in total. The van der Waals surface area contributed by atoms with Crippen molar-refractivity contribution in [1.29, 1.82) is 5.26 Å². The van der Waals surface area contributed by atoms with Gasteiger partial charge in [-0.1, -0.05) is 12.8 Å². The van der Waals surface area contributed by atoms with Gasteiger partial charge >= 0.3 is 0 Å². The number of aryl methyl sites for hydroxylation is 1. The third-order valence-corrected chi connectivity index (χ3v) is 7.16. The number of carbonyl (C=O) groups is 2. The van der Waals surface area contributed by atoms with Crippen molar-refractivity contribution in [1.82, 2.24) is 14.8 Å². The van der Waals surface area contributed by atoms with Gasteiger partial charge in [-0.05, 0) is 69.0 Å². The lowest BCUT2D eigenvalue weighted by molar-refractivity contribution is -0.140. The van der Waals surface area contributed by atoms with E-state index in [9.17, 15) is 14.9 Å². The van der Waals surface area contributed by atoms with E-state index >= 15 is 0 Å². The molecule has 2 aliphatic rings. The van der Waals surface area contributed by atoms with Gasteiger partial charge in [0.2, 0.25) is 5.91 Å². The first-order valence-electron chi connectivity index (χ1n) is 12.2. The molecule has 4 rings (SSSR count). The number of pyridine rings is 1. The lowest BCUT2D eigenvalue weighted by Gasteiger charge is -2.41. The molecule has 1 saturated carbocycles. The largest absolute Gasteiger partial charge is 0.337 e. The maximum atomic E-state index is 12.9. The Hall–Kier alpha value is -3.24. The molecule has 1 aromatic carbocycles. The van der Waals surface area contributed by atoms with Crippen LogP contribution in [0.15, 0.2) is 30.5 Å². The minimum atomic E-state index is -0.246. The number of benzene rings is 1. The summed E-state index contributed by atoms with van der Waals surface area (Å²) >= 11 is 0. The van der Waals surface area contributed by atoms with Gasteiger partial charge < -0.3 is 10.2 Å². The summed E-state index contributed by atoms with van der Waals surface area (Å²) in [6.07, 6.45) is 5.94. The lowest BCUT2D eigenvalue weighted by Crippen LogP contribution is -2.54. The van der Waals surface area contributed by atoms with Gasteiger partial charge in [-0.25, -0.2) is 0 Å². The molecule has 2 amide bonds. The normalized spacial score (nSPS) is 19.1. The SMILES string of the molecule is Cc1ccc(C(=O)Nc2cc(C#N)cc(CN3CCN(C(=O)C4CCCC4)C(C)C3)c2C)cn1. The van der Waals surface area contributed by atoms with Crippen molar-refractivity contribution in [2.75, 3.05) is 25.0 Å². The molecule has 1 atom stereocenters. The van der Waals surface area contributed by atoms with Crippen LogP contribution in [0.1, 0.15) is 65.3 Å². The second-order valence-electron chi connectivity index (χ2n) is 9.66. The van der Waals surface area contributed by atoms with Crippen LogP contribution in [0.4, 0.5) is 5.69 Å². The summed E-state index contributed by atoms with van der Waals surface area (Å²) in [5.74, 6) is 0.283. The zero-order chi connectivity index (χ0) is 24.2. The van der Waals surface area contributed by atoms with Gasteiger partial charge in [0.05, 0.1) is 17.2 Å². The molecule has 2 heterocycles. The molecular weight excluding hydrogens is 426 g/mol. The Kier molecular flexibility index (Phi) is 7.28. The average molecular weight is 460 g/mol. The fraction of sp³-hybridized carbons (Fsp3) is 0.481. The van der Waals surface area contributed by atoms with Gasteiger partial charge in [-0.3, -0.25) is 19.5 Å². The fourth-order valence-corrected chi connectivity index (χ4v) is 5.08. The van der Waals surface area contributed by atoms with Crippen molar-refractivity contribution >= 4 is 17.5 Å². The van der Waals surface area contributed by atoms with Crippen molar-refractivity contribution in [3.63, 3.8) is 0 Å². The molecule has 1 aromatic heterocycles. The second-order valence-corrected chi connectivity index (χ2v) is 9.66. The molecule has 7 heteroatoms. The van der Waals surface area contributed by atoms with Crippen molar-refractivity contribution in [3.8, 4) is 6.07 Å². The van der Waals surface area contributed by atoms with E-state index in [1.807, 2.05) is 19.9 Å². The van der Waals surface area contributed by atoms with E-state index in [0.717, 1.165) is 49.3 Å². The van der Waals surface area contributed by atoms with Crippen LogP contribution in [0.2, 0.25) is 0 Å². The number of anilines is 1. The average Bonchev–Trinajstić information content (AvgIpc) is 3.36. The summed E-state index contributed by atoms with van der Waals surface area (Å²) in [5.41, 5.74) is 4.44. The van der Waals surface area contributed by atoms with Crippen LogP contribution >= 0.6 is 0 Å². The molecule has 7 nitrogen and oxygen atoms in total. The molecule has 0 radical (unpaired) electrons. The zero-order valence-electron chi connectivity index (χ0n) is 20.3. The third-order valence-electron chi connectivity index (χ3n) is 7.16. The highest BCUT2D eigenvalue weighted by molar-refractivity contribution is 6.04. The fourth-order valence-electron chi connectivity index (χ4n) is 5.08. The molecule has 1 saturated heterocycles. The maximum absolute atomic E-state index is 12.9. The van der Waals surface area contributed by atoms with E-state index in [-0.39, 0.29) is 17.9 Å². The predicted molar refractivity (Wildman–Crippen MR) is 131 cm³/mol. The molecule has 0 spiro atoms. The number of nitriles is 1. The van der Waals surface area contributed by atoms with E-state index in [1.165, 1.54) is 12.8 Å². The summed E-state index contributed by atoms with van der Waals surface area (Å²) in [6, 6.07) is 9.55. The first-order valence-corrected chi connectivity index (χ1v) is 12.2. The second kappa shape index (κ2) is 10.4. The Morgan fingerprint density at radius 1 is 1.18 bits per heavy atom. The standard InChI is InChI=1S/C27H33N5O2/c1-18-8-9-23(15-29-18)26(33)30-25-13-21(14-28)12-24(20(25)3)17-31-10-11-32(19(2)16-31)27(34)22-6-4-5-7-22/h8-9,12-13,15,19,22H,4-7,10-11,16-17H2,1-3H3,(H,30,33). The number of piperazine rings is 1. The molecule has 1 aliphatic carbocycles. The van der Waals surface area contributed by atoms with E-state index < -0.39 is 0 Å². The number of nitrogens with zero attached hydrogens (tertiary/aromatic N) is 4. The monoisotopic (exact) mass is 459 g/mol. The first-order chi connectivity index (χ1) is 16.4. The van der Waals surface area contributed by atoms with Crippen LogP contribution in [0, 0.1) is 31.1 Å². The molecule has 1 aliphatic heterocycles. The minimum absolute atomic E-state index is 0.162. The number of hydrogen-bond acceptors (Lipinski definition) is 5. The smallest absolute Gasteiger partial charge is 0.257 e. The van der Waals surface area contributed by atoms with E-state index in [4.69, 9.17) is 0 Å². The minimum Gasteiger partial charge on any atom is -0.337 e. The Labute approximate surface area is 201 Å². The van der Waals surface area contributed by atoms with Crippen LogP contribution in [0.25, 0.3) is 0 Å². The molecule has 34 heavy (non-hydrogen) atoms. The van der Waals surface area contributed by atoms with Crippen LogP contribution in [0.3, 0.4) is 0 Å². The van der Waals surface area contributed by atoms with Crippen LogP contribution < -0.4 is 5.32 Å². The molecule has 2 aromatic rings. The predicted octanol–water partition coefficient (Wildman–Crippen LogP) is 4.05. The van der Waals surface area contributed by atoms with Gasteiger partial charge in [-0.2, -0.15) is 5.26 Å². The Bertz CT molecular complexity index is 1100. The Morgan fingerprint density at radius 3 is 2.59 bits per heavy atom. The number of rotatable bonds is 5. The summed E-state index contributed by atoms with van der Waals surface area (Å²) in [6.45, 7) is 8.98. The quantitative estimate of drug-likeness (QED) is 0.729. The lowest BCUT2D eigenvalue weighted by atomic mass is 10.0. The molecule has 0 bridgehead atoms. The van der Waals surface area contributed by atoms with Crippen molar-refractivity contribution < 1.29 is 9.59 Å². The van der Waals surface area contributed by atoms with Crippen molar-refractivity contribution in [3.05, 3.63) is 58.4 Å². The molecule has 1 unspecified atom stereocenters. The van der Waals surface area contributed by atoms with Crippen LogP contribution in [-0.4, -0.2) is 52.3 Å². The van der Waals surface area contributed by atoms with E-state index in [0.29, 0.717) is 29.3 Å². The van der Waals surface area contributed by atoms with Gasteiger partial charge in [0, 0.05) is 55.7 Å². The number of amides is 2. The Morgan fingerprint density at radius 2 is 1.94 bits per heavy atom. The zero-order valence-corrected chi connectivity index (χ0v) is 20.3. The number of aromatic nitrogens is 1. The maximum Gasteiger partial charge on any atom is 0.257 e. The van der Waals surface area contributed by atoms with Crippen molar-refractivity contribution in [2.24, 2.45) is 5.92 Å². The summed E-state index contributed by atoms with van der Waals surface area (Å²) in [4.78, 5) is 34.3. The summed E-state index contributed by atoms with van der Waals surface area (Å²) in [5, 5.41) is 12.5. The van der Waals surface area contributed by atoms with E-state index in [1.54, 1.807) is 24.4 Å². The number of carbonyl (C=O) groups excluding carboxylic acids is 2. The topological polar surface area (TPSA) is 89.3 Å². The summed E-state index contributed by atoms with van der Waals surface area (Å²) in [7, 11) is 0.